The van der Waals surface area contributed by atoms with Crippen molar-refractivity contribution in [1.29, 1.82) is 0 Å². The zero-order valence-corrected chi connectivity index (χ0v) is 41.9. The molecule has 0 radical (unpaired) electrons. The molecule has 63 heavy (non-hydrogen) atoms. The summed E-state index contributed by atoms with van der Waals surface area (Å²) in [6.07, 6.45) is 21.9. The second kappa shape index (κ2) is 23.7. The lowest BCUT2D eigenvalue weighted by molar-refractivity contribution is -0.225. The molecule has 6 aliphatic carbocycles. The summed E-state index contributed by atoms with van der Waals surface area (Å²) in [5.41, 5.74) is -2.33. The summed E-state index contributed by atoms with van der Waals surface area (Å²) in [6, 6.07) is 0. The van der Waals surface area contributed by atoms with Gasteiger partial charge in [0.1, 0.15) is 11.2 Å². The van der Waals surface area contributed by atoms with Crippen LogP contribution in [0.25, 0.3) is 0 Å². The van der Waals surface area contributed by atoms with Crippen molar-refractivity contribution in [2.45, 2.75) is 247 Å². The Balaban J connectivity index is 0.000000226. The average Bonchev–Trinajstić information content (AvgIpc) is 3.65. The van der Waals surface area contributed by atoms with E-state index in [4.69, 9.17) is 23.7 Å². The first-order chi connectivity index (χ1) is 29.4. The van der Waals surface area contributed by atoms with Crippen LogP contribution in [0.1, 0.15) is 224 Å². The summed E-state index contributed by atoms with van der Waals surface area (Å²) < 4.78 is 26.9. The molecule has 0 spiro atoms. The smallest absolute Gasteiger partial charge is 0.347 e. The molecule has 11 heteroatoms. The lowest BCUT2D eigenvalue weighted by Gasteiger charge is -2.59. The van der Waals surface area contributed by atoms with Gasteiger partial charge in [0.2, 0.25) is 6.10 Å². The monoisotopic (exact) mass is 891 g/mol. The van der Waals surface area contributed by atoms with E-state index in [-0.39, 0.29) is 46.4 Å². The standard InChI is InChI=1S/C16H26O3.C14H26O2.C12H22O2.C10H16O4/c1-4-14(2,3)13(17)19-16-8-11-5-12(9-16)7-15(18,6-11)10-16;1-5-13(3,4)12(15)16-14(6-2)10-8-7-9-11-14;1-3-10(2)12(13)14-9-11-7-5-4-6-8-11;1-4-10(2,3)9(12)14-7-5-6-13-8(7)11/h11-12,18H,4-10H2,1-3H3;5-11H2,1-4H3;10-11H,3-9H2,1-2H3;7H,4-6H2,1-3H3. The second-order valence-electron chi connectivity index (χ2n) is 22.3. The van der Waals surface area contributed by atoms with Gasteiger partial charge in [-0.1, -0.05) is 67.2 Å². The quantitative estimate of drug-likeness (QED) is 0.131. The molecule has 4 bridgehead atoms. The van der Waals surface area contributed by atoms with Crippen LogP contribution in [0.15, 0.2) is 0 Å². The Morgan fingerprint density at radius 1 is 0.714 bits per heavy atom. The van der Waals surface area contributed by atoms with Gasteiger partial charge in [-0.05, 0) is 162 Å². The molecule has 1 aliphatic heterocycles. The fraction of sp³-hybridized carbons (Fsp3) is 0.904. The molecule has 4 atom stereocenters. The predicted octanol–water partition coefficient (Wildman–Crippen LogP) is 11.6. The van der Waals surface area contributed by atoms with Gasteiger partial charge >= 0.3 is 29.8 Å². The molecular formula is C52H90O11. The van der Waals surface area contributed by atoms with E-state index in [0.717, 1.165) is 64.2 Å². The van der Waals surface area contributed by atoms with Gasteiger partial charge in [0.15, 0.2) is 0 Å². The Hall–Kier alpha value is -2.69. The molecule has 6 saturated carbocycles. The normalized spacial score (nSPS) is 28.0. The highest BCUT2D eigenvalue weighted by Crippen LogP contribution is 2.59. The fourth-order valence-corrected chi connectivity index (χ4v) is 9.81. The van der Waals surface area contributed by atoms with Crippen molar-refractivity contribution in [3.05, 3.63) is 0 Å². The van der Waals surface area contributed by atoms with Crippen molar-refractivity contribution in [1.82, 2.24) is 0 Å². The van der Waals surface area contributed by atoms with Crippen molar-refractivity contribution >= 4 is 29.8 Å². The first-order valence-corrected chi connectivity index (χ1v) is 25.2. The number of esters is 5. The topological polar surface area (TPSA) is 152 Å². The third kappa shape index (κ3) is 16.0. The van der Waals surface area contributed by atoms with Gasteiger partial charge in [0, 0.05) is 12.8 Å². The molecule has 1 saturated heterocycles. The van der Waals surface area contributed by atoms with Crippen LogP contribution in [-0.4, -0.2) is 71.1 Å². The Morgan fingerprint density at radius 3 is 1.68 bits per heavy atom. The van der Waals surface area contributed by atoms with E-state index in [1.807, 2.05) is 62.3 Å². The number of ether oxygens (including phenoxy) is 5. The first-order valence-electron chi connectivity index (χ1n) is 25.2. The molecule has 11 nitrogen and oxygen atoms in total. The van der Waals surface area contributed by atoms with Crippen LogP contribution in [0.5, 0.6) is 0 Å². The maximum atomic E-state index is 12.4. The minimum atomic E-state index is -0.687. The number of hydrogen-bond donors (Lipinski definition) is 1. The molecule has 4 unspecified atom stereocenters. The van der Waals surface area contributed by atoms with Crippen LogP contribution < -0.4 is 0 Å². The largest absolute Gasteiger partial charge is 0.465 e. The van der Waals surface area contributed by atoms with Gasteiger partial charge in [-0.15, -0.1) is 0 Å². The van der Waals surface area contributed by atoms with E-state index < -0.39 is 28.5 Å². The average molecular weight is 891 g/mol. The molecule has 1 N–H and O–H groups in total. The third-order valence-electron chi connectivity index (χ3n) is 15.7. The zero-order valence-electron chi connectivity index (χ0n) is 41.9. The summed E-state index contributed by atoms with van der Waals surface area (Å²) in [5.74, 6) is 0.953. The second-order valence-corrected chi connectivity index (χ2v) is 22.3. The summed E-state index contributed by atoms with van der Waals surface area (Å²) in [7, 11) is 0. The Bertz CT molecular complexity index is 1470. The Morgan fingerprint density at radius 2 is 1.22 bits per heavy atom. The minimum absolute atomic E-state index is 0.0150. The molecule has 0 aromatic rings. The van der Waals surface area contributed by atoms with Gasteiger partial charge in [0.25, 0.3) is 0 Å². The first kappa shape index (κ1) is 54.6. The van der Waals surface area contributed by atoms with Crippen LogP contribution in [-0.2, 0) is 47.7 Å². The van der Waals surface area contributed by atoms with Crippen LogP contribution in [0, 0.1) is 39.9 Å². The highest BCUT2D eigenvalue weighted by Gasteiger charge is 2.59. The highest BCUT2D eigenvalue weighted by molar-refractivity contribution is 5.82. The van der Waals surface area contributed by atoms with E-state index in [1.165, 1.54) is 57.8 Å². The SMILES string of the molecule is CCC(C)(C)C(=O)OC12CC3CC(CC(O)(C3)C1)C2.CCC(C)(C)C(=O)OC1CCOC1=O.CCC(C)C(=O)OCC1CCCCC1.CCC1(OC(=O)C(C)(C)CC)CCCCC1. The van der Waals surface area contributed by atoms with Gasteiger partial charge < -0.3 is 28.8 Å². The summed E-state index contributed by atoms with van der Waals surface area (Å²) in [6.45, 7) is 24.5. The van der Waals surface area contributed by atoms with Crippen LogP contribution in [0.4, 0.5) is 0 Å². The summed E-state index contributed by atoms with van der Waals surface area (Å²) in [5, 5.41) is 10.6. The van der Waals surface area contributed by atoms with Gasteiger partial charge in [-0.25, -0.2) is 4.79 Å². The van der Waals surface area contributed by atoms with Crippen molar-refractivity contribution in [3.63, 3.8) is 0 Å². The zero-order chi connectivity index (χ0) is 47.3. The lowest BCUT2D eigenvalue weighted by Crippen LogP contribution is -2.61. The summed E-state index contributed by atoms with van der Waals surface area (Å²) >= 11 is 0. The van der Waals surface area contributed by atoms with Gasteiger partial charge in [-0.3, -0.25) is 19.2 Å². The molecule has 0 aromatic carbocycles. The number of carbonyl (C=O) groups excluding carboxylic acids is 5. The van der Waals surface area contributed by atoms with Crippen LogP contribution in [0.2, 0.25) is 0 Å². The van der Waals surface area contributed by atoms with Gasteiger partial charge in [-0.2, -0.15) is 0 Å². The van der Waals surface area contributed by atoms with Crippen molar-refractivity contribution < 1.29 is 52.8 Å². The van der Waals surface area contributed by atoms with Crippen molar-refractivity contribution in [2.75, 3.05) is 13.2 Å². The van der Waals surface area contributed by atoms with Crippen molar-refractivity contribution in [3.8, 4) is 0 Å². The van der Waals surface area contributed by atoms with Gasteiger partial charge in [0.05, 0.1) is 41.0 Å². The highest BCUT2D eigenvalue weighted by atomic mass is 16.6. The number of aliphatic hydroxyl groups is 1. The molecule has 7 fully saturated rings. The number of carbonyl (C=O) groups is 5. The van der Waals surface area contributed by atoms with E-state index in [9.17, 15) is 29.1 Å². The van der Waals surface area contributed by atoms with Crippen LogP contribution >= 0.6 is 0 Å². The number of cyclic esters (lactones) is 1. The molecule has 7 rings (SSSR count). The minimum Gasteiger partial charge on any atom is -0.465 e. The Kier molecular flexibility index (Phi) is 20.5. The number of rotatable bonds is 14. The fourth-order valence-electron chi connectivity index (χ4n) is 9.81. The molecule has 1 heterocycles. The molecule has 0 aromatic heterocycles. The van der Waals surface area contributed by atoms with Crippen LogP contribution in [0.3, 0.4) is 0 Å². The lowest BCUT2D eigenvalue weighted by atomic mass is 9.52. The molecule has 364 valence electrons. The van der Waals surface area contributed by atoms with E-state index in [0.29, 0.717) is 50.2 Å². The third-order valence-corrected chi connectivity index (χ3v) is 15.7. The maximum absolute atomic E-state index is 12.4. The van der Waals surface area contributed by atoms with E-state index in [1.54, 1.807) is 13.8 Å². The molecule has 0 amide bonds. The van der Waals surface area contributed by atoms with E-state index >= 15 is 0 Å². The molecular weight excluding hydrogens is 801 g/mol. The predicted molar refractivity (Wildman–Crippen MR) is 245 cm³/mol. The summed E-state index contributed by atoms with van der Waals surface area (Å²) in [4.78, 5) is 58.5. The number of hydrogen-bond acceptors (Lipinski definition) is 11. The Labute approximate surface area is 382 Å². The molecule has 7 aliphatic rings. The van der Waals surface area contributed by atoms with Crippen molar-refractivity contribution in [2.24, 2.45) is 39.9 Å². The van der Waals surface area contributed by atoms with E-state index in [2.05, 4.69) is 6.92 Å². The maximum Gasteiger partial charge on any atom is 0.347 e.